The Labute approximate surface area is 139 Å². The molecule has 23 heavy (non-hydrogen) atoms. The van der Waals surface area contributed by atoms with Crippen molar-refractivity contribution in [1.29, 1.82) is 0 Å². The van der Waals surface area contributed by atoms with Gasteiger partial charge in [-0.1, -0.05) is 11.3 Å². The summed E-state index contributed by atoms with van der Waals surface area (Å²) in [5, 5.41) is 7.03. The number of carbonyl (C=O) groups is 1. The number of fused-ring (bicyclic) bond motifs is 1. The Balaban J connectivity index is 1.61. The van der Waals surface area contributed by atoms with E-state index in [4.69, 9.17) is 9.72 Å². The summed E-state index contributed by atoms with van der Waals surface area (Å²) in [6, 6.07) is 5.88. The largest absolute Gasteiger partial charge is 0.383 e. The molecule has 1 saturated heterocycles. The zero-order valence-corrected chi connectivity index (χ0v) is 14.1. The molecule has 1 aliphatic rings. The third-order valence-electron chi connectivity index (χ3n) is 3.81. The molecular weight excluding hydrogens is 312 g/mol. The topological polar surface area (TPSA) is 66.5 Å². The molecule has 1 aromatic carbocycles. The van der Waals surface area contributed by atoms with Crippen molar-refractivity contribution in [3.05, 3.63) is 18.2 Å². The zero-order valence-electron chi connectivity index (χ0n) is 13.3. The Morgan fingerprint density at radius 3 is 3.00 bits per heavy atom. The second-order valence-electron chi connectivity index (χ2n) is 5.59. The number of rotatable bonds is 7. The first-order valence-electron chi connectivity index (χ1n) is 7.91. The lowest BCUT2D eigenvalue weighted by molar-refractivity contribution is -0.115. The Hall–Kier alpha value is -1.70. The van der Waals surface area contributed by atoms with Crippen LogP contribution in [0, 0.1) is 0 Å². The fraction of sp³-hybridized carbons (Fsp3) is 0.500. The summed E-state index contributed by atoms with van der Waals surface area (Å²) in [5.74, 6) is -0.0512. The average Bonchev–Trinajstić information content (AvgIpc) is 3.19. The van der Waals surface area contributed by atoms with Gasteiger partial charge in [-0.05, 0) is 31.0 Å². The molecule has 1 amide bonds. The van der Waals surface area contributed by atoms with Crippen LogP contribution in [-0.4, -0.2) is 50.8 Å². The monoisotopic (exact) mass is 334 g/mol. The quantitative estimate of drug-likeness (QED) is 0.759. The van der Waals surface area contributed by atoms with Crippen LogP contribution in [0.2, 0.25) is 0 Å². The summed E-state index contributed by atoms with van der Waals surface area (Å²) in [6.45, 7) is 3.73. The number of nitrogens with zero attached hydrogens (tertiary/aromatic N) is 2. The lowest BCUT2D eigenvalue weighted by Gasteiger charge is -2.11. The second-order valence-corrected chi connectivity index (χ2v) is 6.60. The predicted molar refractivity (Wildman–Crippen MR) is 94.4 cm³/mol. The van der Waals surface area contributed by atoms with E-state index in [-0.39, 0.29) is 12.5 Å². The minimum absolute atomic E-state index is 0.0512. The van der Waals surface area contributed by atoms with Crippen LogP contribution in [0.25, 0.3) is 10.2 Å². The van der Waals surface area contributed by atoms with Crippen LogP contribution in [0.5, 0.6) is 0 Å². The fourth-order valence-electron chi connectivity index (χ4n) is 2.62. The van der Waals surface area contributed by atoms with Crippen molar-refractivity contribution in [1.82, 2.24) is 10.3 Å². The van der Waals surface area contributed by atoms with Crippen molar-refractivity contribution in [2.75, 3.05) is 50.1 Å². The van der Waals surface area contributed by atoms with Crippen LogP contribution in [-0.2, 0) is 9.53 Å². The van der Waals surface area contributed by atoms with Gasteiger partial charge in [0.2, 0.25) is 5.91 Å². The molecule has 2 aromatic rings. The van der Waals surface area contributed by atoms with Crippen molar-refractivity contribution in [2.24, 2.45) is 0 Å². The highest BCUT2D eigenvalue weighted by Crippen LogP contribution is 2.32. The van der Waals surface area contributed by atoms with Gasteiger partial charge in [-0.15, -0.1) is 0 Å². The number of ether oxygens (including phenoxy) is 1. The zero-order chi connectivity index (χ0) is 16.1. The summed E-state index contributed by atoms with van der Waals surface area (Å²) in [6.07, 6.45) is 2.49. The predicted octanol–water partition coefficient (Wildman–Crippen LogP) is 2.07. The van der Waals surface area contributed by atoms with Gasteiger partial charge in [-0.3, -0.25) is 4.79 Å². The summed E-state index contributed by atoms with van der Waals surface area (Å²) < 4.78 is 6.04. The fourth-order valence-corrected chi connectivity index (χ4v) is 3.67. The summed E-state index contributed by atoms with van der Waals surface area (Å²) in [7, 11) is 1.64. The van der Waals surface area contributed by atoms with Crippen molar-refractivity contribution >= 4 is 38.3 Å². The molecule has 1 fully saturated rings. The van der Waals surface area contributed by atoms with E-state index in [2.05, 4.69) is 15.5 Å². The molecule has 7 heteroatoms. The molecule has 2 heterocycles. The van der Waals surface area contributed by atoms with E-state index >= 15 is 0 Å². The number of benzene rings is 1. The first kappa shape index (κ1) is 16.2. The maximum absolute atomic E-state index is 11.9. The molecule has 3 rings (SSSR count). The van der Waals surface area contributed by atoms with Gasteiger partial charge in [-0.25, -0.2) is 4.98 Å². The van der Waals surface area contributed by atoms with Crippen LogP contribution in [0.4, 0.5) is 10.8 Å². The van der Waals surface area contributed by atoms with Crippen LogP contribution in [0.15, 0.2) is 18.2 Å². The van der Waals surface area contributed by atoms with Crippen molar-refractivity contribution in [3.8, 4) is 0 Å². The highest BCUT2D eigenvalue weighted by atomic mass is 32.1. The molecular formula is C16H22N4O2S. The van der Waals surface area contributed by atoms with E-state index in [1.165, 1.54) is 12.8 Å². The van der Waals surface area contributed by atoms with Gasteiger partial charge >= 0.3 is 0 Å². The lowest BCUT2D eigenvalue weighted by Crippen LogP contribution is -2.30. The number of nitrogens with one attached hydrogen (secondary N) is 2. The molecule has 124 valence electrons. The maximum Gasteiger partial charge on any atom is 0.238 e. The standard InChI is InChI=1S/C16H22N4O2S/c1-22-9-6-17-11-15(21)18-12-4-5-13-14(10-12)23-16(19-13)20-7-2-3-8-20/h4-5,10,17H,2-3,6-9,11H2,1H3,(H,18,21). The third-order valence-corrected chi connectivity index (χ3v) is 4.88. The number of aromatic nitrogens is 1. The van der Waals surface area contributed by atoms with Crippen molar-refractivity contribution < 1.29 is 9.53 Å². The third kappa shape index (κ3) is 4.19. The Morgan fingerprint density at radius 2 is 2.22 bits per heavy atom. The van der Waals surface area contributed by atoms with E-state index in [9.17, 15) is 4.79 Å². The van der Waals surface area contributed by atoms with Crippen molar-refractivity contribution in [2.45, 2.75) is 12.8 Å². The van der Waals surface area contributed by atoms with E-state index in [1.54, 1.807) is 18.4 Å². The lowest BCUT2D eigenvalue weighted by atomic mass is 10.3. The molecule has 2 N–H and O–H groups in total. The van der Waals surface area contributed by atoms with Crippen LogP contribution in [0.3, 0.4) is 0 Å². The maximum atomic E-state index is 11.9. The van der Waals surface area contributed by atoms with Gasteiger partial charge < -0.3 is 20.3 Å². The average molecular weight is 334 g/mol. The normalized spacial score (nSPS) is 14.6. The first-order valence-corrected chi connectivity index (χ1v) is 8.73. The van der Waals surface area contributed by atoms with Gasteiger partial charge in [0, 0.05) is 32.4 Å². The minimum Gasteiger partial charge on any atom is -0.383 e. The SMILES string of the molecule is COCCNCC(=O)Nc1ccc2nc(N3CCCC3)sc2c1. The smallest absolute Gasteiger partial charge is 0.238 e. The van der Waals surface area contributed by atoms with E-state index < -0.39 is 0 Å². The van der Waals surface area contributed by atoms with Crippen LogP contribution < -0.4 is 15.5 Å². The van der Waals surface area contributed by atoms with Crippen LogP contribution in [0.1, 0.15) is 12.8 Å². The van der Waals surface area contributed by atoms with Gasteiger partial charge in [0.25, 0.3) is 0 Å². The van der Waals surface area contributed by atoms with Gasteiger partial charge in [-0.2, -0.15) is 0 Å². The summed E-state index contributed by atoms with van der Waals surface area (Å²) >= 11 is 1.69. The molecule has 0 saturated carbocycles. The number of hydrogen-bond acceptors (Lipinski definition) is 6. The molecule has 6 nitrogen and oxygen atoms in total. The number of hydrogen-bond donors (Lipinski definition) is 2. The number of carbonyl (C=O) groups excluding carboxylic acids is 1. The Bertz CT molecular complexity index is 667. The number of anilines is 2. The summed E-state index contributed by atoms with van der Waals surface area (Å²) in [4.78, 5) is 18.9. The highest BCUT2D eigenvalue weighted by Gasteiger charge is 2.16. The molecule has 0 radical (unpaired) electrons. The minimum atomic E-state index is -0.0512. The Morgan fingerprint density at radius 1 is 1.39 bits per heavy atom. The molecule has 0 aliphatic carbocycles. The number of amides is 1. The van der Waals surface area contributed by atoms with Crippen LogP contribution >= 0.6 is 11.3 Å². The molecule has 0 spiro atoms. The number of thiazole rings is 1. The molecule has 1 aromatic heterocycles. The van der Waals surface area contributed by atoms with E-state index in [0.29, 0.717) is 13.2 Å². The second kappa shape index (κ2) is 7.72. The van der Waals surface area contributed by atoms with Gasteiger partial charge in [0.05, 0.1) is 23.4 Å². The summed E-state index contributed by atoms with van der Waals surface area (Å²) in [5.41, 5.74) is 1.81. The van der Waals surface area contributed by atoms with Gasteiger partial charge in [0.15, 0.2) is 5.13 Å². The molecule has 0 atom stereocenters. The van der Waals surface area contributed by atoms with E-state index in [1.807, 2.05) is 18.2 Å². The first-order chi connectivity index (χ1) is 11.3. The van der Waals surface area contributed by atoms with E-state index in [0.717, 1.165) is 34.1 Å². The Kier molecular flexibility index (Phi) is 5.43. The molecule has 0 unspecified atom stereocenters. The molecule has 1 aliphatic heterocycles. The number of methoxy groups -OCH3 is 1. The highest BCUT2D eigenvalue weighted by molar-refractivity contribution is 7.22. The molecule has 0 bridgehead atoms. The van der Waals surface area contributed by atoms with Gasteiger partial charge in [0.1, 0.15) is 0 Å². The van der Waals surface area contributed by atoms with Crippen molar-refractivity contribution in [3.63, 3.8) is 0 Å².